The summed E-state index contributed by atoms with van der Waals surface area (Å²) in [4.78, 5) is 14.4. The van der Waals surface area contributed by atoms with Crippen LogP contribution in [0.25, 0.3) is 11.5 Å². The maximum Gasteiger partial charge on any atom is 0.197 e. The van der Waals surface area contributed by atoms with Gasteiger partial charge in [0.05, 0.1) is 2.74 Å². The Hall–Kier alpha value is -1.23. The predicted molar refractivity (Wildman–Crippen MR) is 47.3 cm³/mol. The van der Waals surface area contributed by atoms with Crippen LogP contribution in [0.5, 0.6) is 0 Å². The molecular weight excluding hydrogens is 220 g/mol. The zero-order valence-corrected chi connectivity index (χ0v) is 7.46. The van der Waals surface area contributed by atoms with E-state index in [1.54, 1.807) is 12.3 Å². The number of halogens is 1. The van der Waals surface area contributed by atoms with Crippen molar-refractivity contribution in [3.63, 3.8) is 0 Å². The molecule has 2 heterocycles. The van der Waals surface area contributed by atoms with Gasteiger partial charge in [0.2, 0.25) is 0 Å². The van der Waals surface area contributed by atoms with E-state index in [2.05, 4.69) is 35.9 Å². The standard InChI is InChI=1S/C7H5BrN4/c8-7-11-2-1-5(12-7)6-9-3-4-10-6/h1-4H,(H,9,10)/i3D,4D. The highest BCUT2D eigenvalue weighted by Gasteiger charge is 2.00. The van der Waals surface area contributed by atoms with Crippen LogP contribution in [0.1, 0.15) is 2.74 Å². The molecule has 0 unspecified atom stereocenters. The van der Waals surface area contributed by atoms with Crippen LogP contribution in [0.3, 0.4) is 0 Å². The monoisotopic (exact) mass is 226 g/mol. The summed E-state index contributed by atoms with van der Waals surface area (Å²) in [6.07, 6.45) is 1.46. The van der Waals surface area contributed by atoms with Crippen LogP contribution in [0.4, 0.5) is 0 Å². The van der Waals surface area contributed by atoms with Gasteiger partial charge in [-0.2, -0.15) is 0 Å². The molecule has 0 aliphatic carbocycles. The number of hydrogen-bond acceptors (Lipinski definition) is 3. The van der Waals surface area contributed by atoms with Crippen LogP contribution in [0.2, 0.25) is 0 Å². The first-order valence-corrected chi connectivity index (χ1v) is 3.98. The molecule has 60 valence electrons. The predicted octanol–water partition coefficient (Wildman–Crippen LogP) is 1.63. The smallest absolute Gasteiger partial charge is 0.197 e. The van der Waals surface area contributed by atoms with E-state index in [1.165, 1.54) is 0 Å². The molecule has 0 aliphatic rings. The number of nitrogens with one attached hydrogen (secondary N) is 1. The molecule has 0 amide bonds. The molecule has 0 spiro atoms. The van der Waals surface area contributed by atoms with Crippen LogP contribution in [-0.2, 0) is 0 Å². The Morgan fingerprint density at radius 1 is 1.50 bits per heavy atom. The third kappa shape index (κ3) is 1.35. The number of aromatic amines is 1. The van der Waals surface area contributed by atoms with Gasteiger partial charge in [0.15, 0.2) is 10.6 Å². The Balaban J connectivity index is 2.49. The Morgan fingerprint density at radius 2 is 2.42 bits per heavy atom. The highest BCUT2D eigenvalue weighted by atomic mass is 79.9. The van der Waals surface area contributed by atoms with Gasteiger partial charge in [0, 0.05) is 18.5 Å². The molecule has 0 saturated carbocycles. The van der Waals surface area contributed by atoms with Crippen molar-refractivity contribution in [1.82, 2.24) is 19.9 Å². The van der Waals surface area contributed by atoms with E-state index < -0.39 is 0 Å². The van der Waals surface area contributed by atoms with Gasteiger partial charge in [0.1, 0.15) is 5.69 Å². The summed E-state index contributed by atoms with van der Waals surface area (Å²) in [5.74, 6) is 0.406. The fourth-order valence-corrected chi connectivity index (χ4v) is 1.10. The largest absolute Gasteiger partial charge is 0.343 e. The highest BCUT2D eigenvalue weighted by Crippen LogP contribution is 2.11. The maximum absolute atomic E-state index is 7.28. The zero-order valence-electron chi connectivity index (χ0n) is 7.87. The van der Waals surface area contributed by atoms with Gasteiger partial charge in [0.25, 0.3) is 0 Å². The van der Waals surface area contributed by atoms with Crippen molar-refractivity contribution in [2.75, 3.05) is 0 Å². The first-order chi connectivity index (χ1) is 6.66. The second-order valence-corrected chi connectivity index (χ2v) is 2.74. The molecule has 0 aliphatic heterocycles. The number of rotatable bonds is 1. The first kappa shape index (κ1) is 5.42. The van der Waals surface area contributed by atoms with E-state index in [9.17, 15) is 0 Å². The molecule has 2 aromatic heterocycles. The van der Waals surface area contributed by atoms with Crippen LogP contribution in [0.15, 0.2) is 29.3 Å². The topological polar surface area (TPSA) is 54.5 Å². The molecule has 2 aromatic rings. The molecule has 0 saturated heterocycles. The Labute approximate surface area is 80.0 Å². The minimum Gasteiger partial charge on any atom is -0.343 e. The third-order valence-corrected chi connectivity index (χ3v) is 1.66. The second-order valence-electron chi connectivity index (χ2n) is 2.03. The summed E-state index contributed by atoms with van der Waals surface area (Å²) in [5.41, 5.74) is 0.555. The van der Waals surface area contributed by atoms with Gasteiger partial charge >= 0.3 is 0 Å². The average molecular weight is 227 g/mol. The molecule has 0 atom stereocenters. The van der Waals surface area contributed by atoms with Gasteiger partial charge in [-0.1, -0.05) is 0 Å². The Kier molecular flexibility index (Phi) is 1.37. The Morgan fingerprint density at radius 3 is 3.08 bits per heavy atom. The molecule has 0 fully saturated rings. The van der Waals surface area contributed by atoms with Gasteiger partial charge in [-0.3, -0.25) is 0 Å². The van der Waals surface area contributed by atoms with Crippen LogP contribution in [0, 0.1) is 0 Å². The summed E-state index contributed by atoms with van der Waals surface area (Å²) in [6, 6.07) is 1.66. The quantitative estimate of drug-likeness (QED) is 0.753. The summed E-state index contributed by atoms with van der Waals surface area (Å²) < 4.78 is 15.0. The van der Waals surface area contributed by atoms with E-state index in [0.717, 1.165) is 0 Å². The summed E-state index contributed by atoms with van der Waals surface area (Å²) in [6.45, 7) is 0. The lowest BCUT2D eigenvalue weighted by Crippen LogP contribution is -1.87. The highest BCUT2D eigenvalue weighted by molar-refractivity contribution is 9.10. The van der Waals surface area contributed by atoms with Gasteiger partial charge in [-0.15, -0.1) is 0 Å². The molecule has 0 bridgehead atoms. The second kappa shape index (κ2) is 3.02. The SMILES string of the molecule is [2H]c1nc(-c2ccnc(Br)n2)[nH]c1[2H]. The van der Waals surface area contributed by atoms with Crippen LogP contribution in [-0.4, -0.2) is 19.9 Å². The van der Waals surface area contributed by atoms with Crippen molar-refractivity contribution in [1.29, 1.82) is 0 Å². The summed E-state index contributed by atoms with van der Waals surface area (Å²) in [5, 5.41) is 0. The van der Waals surface area contributed by atoms with E-state index >= 15 is 0 Å². The van der Waals surface area contributed by atoms with Gasteiger partial charge < -0.3 is 4.98 Å². The van der Waals surface area contributed by atoms with Gasteiger partial charge in [-0.05, 0) is 22.0 Å². The minimum absolute atomic E-state index is 0.0188. The lowest BCUT2D eigenvalue weighted by Gasteiger charge is -1.94. The van der Waals surface area contributed by atoms with Crippen molar-refractivity contribution in [3.8, 4) is 11.5 Å². The summed E-state index contributed by atoms with van der Waals surface area (Å²) in [7, 11) is 0. The van der Waals surface area contributed by atoms with Gasteiger partial charge in [-0.25, -0.2) is 15.0 Å². The fraction of sp³-hybridized carbons (Fsp3) is 0. The minimum atomic E-state index is -0.0882. The zero-order chi connectivity index (χ0) is 10.1. The summed E-state index contributed by atoms with van der Waals surface area (Å²) >= 11 is 3.13. The normalized spacial score (nSPS) is 12.4. The van der Waals surface area contributed by atoms with Crippen molar-refractivity contribution in [2.24, 2.45) is 0 Å². The molecule has 1 N–H and O–H groups in total. The molecular formula is C7H5BrN4. The van der Waals surface area contributed by atoms with E-state index in [-0.39, 0.29) is 12.3 Å². The number of aromatic nitrogens is 4. The maximum atomic E-state index is 7.28. The van der Waals surface area contributed by atoms with Crippen molar-refractivity contribution in [2.45, 2.75) is 0 Å². The molecule has 0 radical (unpaired) electrons. The third-order valence-electron chi connectivity index (χ3n) is 1.27. The Bertz CT molecular complexity index is 451. The lowest BCUT2D eigenvalue weighted by molar-refractivity contribution is 1.09. The molecule has 0 aromatic carbocycles. The van der Waals surface area contributed by atoms with Crippen molar-refractivity contribution >= 4 is 15.9 Å². The number of nitrogens with zero attached hydrogens (tertiary/aromatic N) is 3. The number of H-pyrrole nitrogens is 1. The molecule has 4 nitrogen and oxygen atoms in total. The van der Waals surface area contributed by atoms with Crippen molar-refractivity contribution < 1.29 is 2.74 Å². The molecule has 5 heteroatoms. The lowest BCUT2D eigenvalue weighted by atomic mass is 10.4. The van der Waals surface area contributed by atoms with E-state index in [1.807, 2.05) is 0 Å². The van der Waals surface area contributed by atoms with Crippen LogP contribution >= 0.6 is 15.9 Å². The van der Waals surface area contributed by atoms with Crippen molar-refractivity contribution in [3.05, 3.63) is 29.3 Å². The number of hydrogen-bond donors (Lipinski definition) is 1. The fourth-order valence-electron chi connectivity index (χ4n) is 0.787. The first-order valence-electron chi connectivity index (χ1n) is 4.19. The molecule has 12 heavy (non-hydrogen) atoms. The van der Waals surface area contributed by atoms with E-state index in [0.29, 0.717) is 16.3 Å². The van der Waals surface area contributed by atoms with E-state index in [4.69, 9.17) is 2.74 Å². The number of imidazole rings is 1. The average Bonchev–Trinajstić information content (AvgIpc) is 2.47. The molecule has 2 rings (SSSR count). The van der Waals surface area contributed by atoms with Crippen LogP contribution < -0.4 is 0 Å².